The highest BCUT2D eigenvalue weighted by molar-refractivity contribution is 5.97. The van der Waals surface area contributed by atoms with Crippen LogP contribution in [0.5, 0.6) is 5.75 Å². The fraction of sp³-hybridized carbons (Fsp3) is 0.100. The van der Waals surface area contributed by atoms with Crippen molar-refractivity contribution >= 4 is 12.1 Å². The first-order valence-electron chi connectivity index (χ1n) is 7.90. The smallest absolute Gasteiger partial charge is 0.275 e. The Morgan fingerprint density at radius 2 is 2.04 bits per heavy atom. The van der Waals surface area contributed by atoms with Gasteiger partial charge < -0.3 is 9.15 Å². The van der Waals surface area contributed by atoms with Gasteiger partial charge >= 0.3 is 0 Å². The summed E-state index contributed by atoms with van der Waals surface area (Å²) in [6.45, 7) is 1.91. The van der Waals surface area contributed by atoms with Crippen LogP contribution in [0.1, 0.15) is 21.7 Å². The van der Waals surface area contributed by atoms with E-state index in [4.69, 9.17) is 9.15 Å². The van der Waals surface area contributed by atoms with Crippen molar-refractivity contribution in [3.63, 3.8) is 0 Å². The number of halogens is 1. The second-order valence-electron chi connectivity index (χ2n) is 5.62. The van der Waals surface area contributed by atoms with Crippen molar-refractivity contribution in [2.75, 3.05) is 7.11 Å². The van der Waals surface area contributed by atoms with Crippen LogP contribution in [0.3, 0.4) is 0 Å². The van der Waals surface area contributed by atoms with E-state index in [1.807, 2.05) is 13.0 Å². The number of hydrogen-bond acceptors (Lipinski definition) is 4. The van der Waals surface area contributed by atoms with Gasteiger partial charge in [0.25, 0.3) is 5.91 Å². The summed E-state index contributed by atoms with van der Waals surface area (Å²) in [5.41, 5.74) is 4.43. The molecule has 0 fully saturated rings. The number of amides is 1. The van der Waals surface area contributed by atoms with Crippen molar-refractivity contribution in [2.24, 2.45) is 5.10 Å². The lowest BCUT2D eigenvalue weighted by Gasteiger charge is -2.07. The summed E-state index contributed by atoms with van der Waals surface area (Å²) >= 11 is 0. The zero-order chi connectivity index (χ0) is 18.5. The number of nitrogens with zero attached hydrogens (tertiary/aromatic N) is 1. The van der Waals surface area contributed by atoms with E-state index in [1.165, 1.54) is 25.5 Å². The molecule has 3 rings (SSSR count). The first-order valence-corrected chi connectivity index (χ1v) is 7.90. The van der Waals surface area contributed by atoms with E-state index in [0.717, 1.165) is 5.56 Å². The maximum absolute atomic E-state index is 13.3. The predicted octanol–water partition coefficient (Wildman–Crippen LogP) is 4.17. The lowest BCUT2D eigenvalue weighted by Crippen LogP contribution is -2.18. The highest BCUT2D eigenvalue weighted by atomic mass is 19.1. The number of hydrazone groups is 1. The number of rotatable bonds is 5. The van der Waals surface area contributed by atoms with E-state index in [0.29, 0.717) is 28.4 Å². The summed E-state index contributed by atoms with van der Waals surface area (Å²) in [5.74, 6) is 0.686. The Morgan fingerprint density at radius 1 is 1.19 bits per heavy atom. The standard InChI is InChI=1S/C20H17FN2O3/c1-13-6-8-17(19(10-13)25-2)20(24)23-22-12-16-7-9-18(26-16)14-4-3-5-15(21)11-14/h3-12H,1-2H3,(H,23,24)/b22-12-. The van der Waals surface area contributed by atoms with Crippen molar-refractivity contribution in [2.45, 2.75) is 6.92 Å². The molecule has 0 spiro atoms. The molecule has 3 aromatic rings. The molecule has 0 atom stereocenters. The van der Waals surface area contributed by atoms with Gasteiger partial charge in [0.05, 0.1) is 18.9 Å². The molecule has 0 radical (unpaired) electrons. The zero-order valence-corrected chi connectivity index (χ0v) is 14.3. The quantitative estimate of drug-likeness (QED) is 0.554. The Balaban J connectivity index is 1.69. The molecule has 0 aliphatic rings. The average molecular weight is 352 g/mol. The zero-order valence-electron chi connectivity index (χ0n) is 14.3. The van der Waals surface area contributed by atoms with Crippen LogP contribution in [0.2, 0.25) is 0 Å². The molecule has 2 aromatic carbocycles. The van der Waals surface area contributed by atoms with Crippen LogP contribution in [0, 0.1) is 12.7 Å². The van der Waals surface area contributed by atoms with Crippen molar-refractivity contribution in [3.8, 4) is 17.1 Å². The SMILES string of the molecule is COc1cc(C)ccc1C(=O)N/N=C\c1ccc(-c2cccc(F)c2)o1. The minimum Gasteiger partial charge on any atom is -0.496 e. The topological polar surface area (TPSA) is 63.8 Å². The van der Waals surface area contributed by atoms with Crippen LogP contribution in [0.25, 0.3) is 11.3 Å². The van der Waals surface area contributed by atoms with E-state index in [2.05, 4.69) is 10.5 Å². The van der Waals surface area contributed by atoms with Crippen molar-refractivity contribution < 1.29 is 18.3 Å². The molecule has 0 aliphatic heterocycles. The number of aryl methyl sites for hydroxylation is 1. The molecule has 0 aliphatic carbocycles. The molecule has 1 amide bonds. The molecule has 0 unspecified atom stereocenters. The fourth-order valence-corrected chi connectivity index (χ4v) is 2.42. The minimum absolute atomic E-state index is 0.339. The van der Waals surface area contributed by atoms with E-state index in [-0.39, 0.29) is 5.82 Å². The number of furan rings is 1. The number of ether oxygens (including phenoxy) is 1. The van der Waals surface area contributed by atoms with Gasteiger partial charge in [-0.25, -0.2) is 9.82 Å². The molecular formula is C20H17FN2O3. The molecule has 0 saturated heterocycles. The molecule has 0 bridgehead atoms. The Kier molecular flexibility index (Phi) is 5.12. The lowest BCUT2D eigenvalue weighted by atomic mass is 10.1. The van der Waals surface area contributed by atoms with Gasteiger partial charge in [0, 0.05) is 5.56 Å². The van der Waals surface area contributed by atoms with E-state index < -0.39 is 5.91 Å². The second-order valence-corrected chi connectivity index (χ2v) is 5.62. The summed E-state index contributed by atoms with van der Waals surface area (Å²) in [7, 11) is 1.51. The third-order valence-corrected chi connectivity index (χ3v) is 3.70. The number of benzene rings is 2. The fourth-order valence-electron chi connectivity index (χ4n) is 2.42. The summed E-state index contributed by atoms with van der Waals surface area (Å²) in [4.78, 5) is 12.2. The Bertz CT molecular complexity index is 963. The highest BCUT2D eigenvalue weighted by Crippen LogP contribution is 2.22. The maximum atomic E-state index is 13.3. The first kappa shape index (κ1) is 17.4. The largest absolute Gasteiger partial charge is 0.496 e. The molecule has 1 N–H and O–H groups in total. The Morgan fingerprint density at radius 3 is 2.81 bits per heavy atom. The van der Waals surface area contributed by atoms with Crippen molar-refractivity contribution in [3.05, 3.63) is 77.3 Å². The third kappa shape index (κ3) is 3.97. The Labute approximate surface area is 150 Å². The van der Waals surface area contributed by atoms with Gasteiger partial charge in [-0.3, -0.25) is 4.79 Å². The molecule has 132 valence electrons. The van der Waals surface area contributed by atoms with Crippen molar-refractivity contribution in [1.29, 1.82) is 0 Å². The van der Waals surface area contributed by atoms with Crippen LogP contribution in [-0.2, 0) is 0 Å². The van der Waals surface area contributed by atoms with Crippen LogP contribution in [0.15, 0.2) is 64.1 Å². The average Bonchev–Trinajstić information content (AvgIpc) is 3.10. The monoisotopic (exact) mass is 352 g/mol. The molecule has 6 heteroatoms. The predicted molar refractivity (Wildman–Crippen MR) is 96.9 cm³/mol. The van der Waals surface area contributed by atoms with Gasteiger partial charge in [-0.05, 0) is 48.9 Å². The van der Waals surface area contributed by atoms with Gasteiger partial charge in [-0.1, -0.05) is 18.2 Å². The van der Waals surface area contributed by atoms with Crippen LogP contribution in [-0.4, -0.2) is 19.2 Å². The van der Waals surface area contributed by atoms with Crippen LogP contribution >= 0.6 is 0 Å². The summed E-state index contributed by atoms with van der Waals surface area (Å²) in [6, 6.07) is 14.8. The van der Waals surface area contributed by atoms with Crippen LogP contribution in [0.4, 0.5) is 4.39 Å². The van der Waals surface area contributed by atoms with Crippen LogP contribution < -0.4 is 10.2 Å². The third-order valence-electron chi connectivity index (χ3n) is 3.70. The summed E-state index contributed by atoms with van der Waals surface area (Å²) in [6.07, 6.45) is 1.38. The van der Waals surface area contributed by atoms with Gasteiger partial charge in [-0.2, -0.15) is 5.10 Å². The normalized spacial score (nSPS) is 10.9. The van der Waals surface area contributed by atoms with Gasteiger partial charge in [-0.15, -0.1) is 0 Å². The van der Waals surface area contributed by atoms with E-state index in [1.54, 1.807) is 36.4 Å². The number of methoxy groups -OCH3 is 1. The molecule has 1 aromatic heterocycles. The van der Waals surface area contributed by atoms with Gasteiger partial charge in [0.1, 0.15) is 23.1 Å². The molecular weight excluding hydrogens is 335 g/mol. The number of carbonyl (C=O) groups excluding carboxylic acids is 1. The van der Waals surface area contributed by atoms with Gasteiger partial charge in [0.15, 0.2) is 0 Å². The molecule has 0 saturated carbocycles. The maximum Gasteiger partial charge on any atom is 0.275 e. The first-order chi connectivity index (χ1) is 12.6. The number of nitrogens with one attached hydrogen (secondary N) is 1. The highest BCUT2D eigenvalue weighted by Gasteiger charge is 2.11. The molecule has 5 nitrogen and oxygen atoms in total. The second kappa shape index (κ2) is 7.65. The lowest BCUT2D eigenvalue weighted by molar-refractivity contribution is 0.0952. The van der Waals surface area contributed by atoms with E-state index >= 15 is 0 Å². The van der Waals surface area contributed by atoms with E-state index in [9.17, 15) is 9.18 Å². The summed E-state index contributed by atoms with van der Waals surface area (Å²) < 4.78 is 24.1. The number of carbonyl (C=O) groups is 1. The molecule has 26 heavy (non-hydrogen) atoms. The van der Waals surface area contributed by atoms with Gasteiger partial charge in [0.2, 0.25) is 0 Å². The molecule has 1 heterocycles. The summed E-state index contributed by atoms with van der Waals surface area (Å²) in [5, 5.41) is 3.89. The minimum atomic E-state index is -0.394. The number of hydrogen-bond donors (Lipinski definition) is 1. The Hall–Kier alpha value is -3.41. The van der Waals surface area contributed by atoms with Crippen molar-refractivity contribution in [1.82, 2.24) is 5.43 Å².